The van der Waals surface area contributed by atoms with Gasteiger partial charge in [-0.25, -0.2) is 9.78 Å². The molecule has 2 heterocycles. The molecule has 182 valence electrons. The summed E-state index contributed by atoms with van der Waals surface area (Å²) in [6.45, 7) is 6.89. The van der Waals surface area contributed by atoms with Crippen molar-refractivity contribution in [2.45, 2.75) is 77.0 Å². The summed E-state index contributed by atoms with van der Waals surface area (Å²) in [5.41, 5.74) is 0.225. The molecule has 9 nitrogen and oxygen atoms in total. The van der Waals surface area contributed by atoms with E-state index in [9.17, 15) is 14.4 Å². The van der Waals surface area contributed by atoms with Gasteiger partial charge in [-0.1, -0.05) is 0 Å². The number of piperidine rings is 1. The number of hydrogen-bond acceptors (Lipinski definition) is 6. The Morgan fingerprint density at radius 3 is 2.36 bits per heavy atom. The number of methoxy groups -OCH3 is 1. The molecule has 0 radical (unpaired) electrons. The minimum absolute atomic E-state index is 0.0568. The largest absolute Gasteiger partial charge is 0.469 e. The lowest BCUT2D eigenvalue weighted by molar-refractivity contribution is -0.146. The molecule has 0 bridgehead atoms. The molecule has 0 aromatic carbocycles. The molecule has 1 aliphatic carbocycles. The predicted molar refractivity (Wildman–Crippen MR) is 123 cm³/mol. The molecule has 2 aliphatic rings. The van der Waals surface area contributed by atoms with Gasteiger partial charge in [0.1, 0.15) is 5.60 Å². The first-order valence-electron chi connectivity index (χ1n) is 11.7. The zero-order valence-electron chi connectivity index (χ0n) is 20.1. The number of amides is 2. The maximum absolute atomic E-state index is 12.3. The Morgan fingerprint density at radius 1 is 1.09 bits per heavy atom. The van der Waals surface area contributed by atoms with Gasteiger partial charge in [0.15, 0.2) is 0 Å². The fourth-order valence-corrected chi connectivity index (χ4v) is 4.36. The maximum Gasteiger partial charge on any atom is 0.410 e. The van der Waals surface area contributed by atoms with Crippen molar-refractivity contribution < 1.29 is 23.9 Å². The quantitative estimate of drug-likeness (QED) is 0.534. The van der Waals surface area contributed by atoms with Gasteiger partial charge in [-0.15, -0.1) is 0 Å². The second kappa shape index (κ2) is 10.9. The average molecular weight is 461 g/mol. The van der Waals surface area contributed by atoms with E-state index in [1.165, 1.54) is 13.2 Å². The van der Waals surface area contributed by atoms with Crippen molar-refractivity contribution in [3.63, 3.8) is 0 Å². The molecular formula is C24H36N4O5. The van der Waals surface area contributed by atoms with Crippen LogP contribution in [-0.2, 0) is 19.1 Å². The average Bonchev–Trinajstić information content (AvgIpc) is 3.26. The summed E-state index contributed by atoms with van der Waals surface area (Å²) >= 11 is 0. The van der Waals surface area contributed by atoms with Crippen LogP contribution in [0.15, 0.2) is 18.6 Å². The lowest BCUT2D eigenvalue weighted by atomic mass is 9.86. The van der Waals surface area contributed by atoms with Gasteiger partial charge in [0.25, 0.3) is 0 Å². The SMILES string of the molecule is COC(=O)C1CCC(NC(=O)C=Cc2cn(C3CCN(C(=O)OC(C)(C)C)CC3)cn2)CC1. The summed E-state index contributed by atoms with van der Waals surface area (Å²) in [6.07, 6.45) is 11.3. The van der Waals surface area contributed by atoms with Gasteiger partial charge < -0.3 is 24.3 Å². The predicted octanol–water partition coefficient (Wildman–Crippen LogP) is 3.32. The molecule has 1 aliphatic heterocycles. The Balaban J connectivity index is 1.43. The standard InChI is InChI=1S/C24H36N4O5/c1-24(2,3)33-23(31)27-13-11-20(12-14-27)28-15-19(25-16-28)9-10-21(29)26-18-7-5-17(6-8-18)22(30)32-4/h9-10,15-18,20H,5-8,11-14H2,1-4H3,(H,26,29). The molecule has 0 spiro atoms. The van der Waals surface area contributed by atoms with Crippen LogP contribution >= 0.6 is 0 Å². The van der Waals surface area contributed by atoms with Crippen LogP contribution in [0.3, 0.4) is 0 Å². The van der Waals surface area contributed by atoms with Crippen LogP contribution in [0.1, 0.15) is 71.0 Å². The number of likely N-dealkylation sites (tertiary alicyclic amines) is 1. The van der Waals surface area contributed by atoms with E-state index in [0.29, 0.717) is 18.8 Å². The highest BCUT2D eigenvalue weighted by atomic mass is 16.6. The molecule has 3 rings (SSSR count). The molecule has 1 saturated heterocycles. The number of nitrogens with zero attached hydrogens (tertiary/aromatic N) is 3. The Bertz CT molecular complexity index is 856. The van der Waals surface area contributed by atoms with E-state index in [0.717, 1.165) is 38.5 Å². The summed E-state index contributed by atoms with van der Waals surface area (Å²) in [7, 11) is 1.41. The second-order valence-electron chi connectivity index (χ2n) is 9.86. The molecule has 2 fully saturated rings. The summed E-state index contributed by atoms with van der Waals surface area (Å²) < 4.78 is 12.3. The number of carbonyl (C=O) groups excluding carboxylic acids is 3. The molecular weight excluding hydrogens is 424 g/mol. The zero-order valence-corrected chi connectivity index (χ0v) is 20.1. The van der Waals surface area contributed by atoms with Gasteiger partial charge in [0, 0.05) is 37.4 Å². The van der Waals surface area contributed by atoms with Crippen LogP contribution in [0.5, 0.6) is 0 Å². The number of esters is 1. The normalized spacial score (nSPS) is 22.2. The fraction of sp³-hybridized carbons (Fsp3) is 0.667. The zero-order chi connectivity index (χ0) is 24.0. The van der Waals surface area contributed by atoms with Gasteiger partial charge in [-0.3, -0.25) is 9.59 Å². The van der Waals surface area contributed by atoms with Gasteiger partial charge in [-0.2, -0.15) is 0 Å². The molecule has 1 aromatic heterocycles. The Morgan fingerprint density at radius 2 is 1.76 bits per heavy atom. The Kier molecular flexibility index (Phi) is 8.15. The van der Waals surface area contributed by atoms with E-state index < -0.39 is 5.60 Å². The van der Waals surface area contributed by atoms with Crippen molar-refractivity contribution in [2.24, 2.45) is 5.92 Å². The molecule has 0 unspecified atom stereocenters. The number of ether oxygens (including phenoxy) is 2. The lowest BCUT2D eigenvalue weighted by Crippen LogP contribution is -2.42. The highest BCUT2D eigenvalue weighted by Crippen LogP contribution is 2.26. The van der Waals surface area contributed by atoms with Crippen molar-refractivity contribution in [1.29, 1.82) is 0 Å². The highest BCUT2D eigenvalue weighted by Gasteiger charge is 2.28. The molecule has 1 aromatic rings. The third kappa shape index (κ3) is 7.33. The first-order chi connectivity index (χ1) is 15.6. The summed E-state index contributed by atoms with van der Waals surface area (Å²) in [4.78, 5) is 42.3. The summed E-state index contributed by atoms with van der Waals surface area (Å²) in [5, 5.41) is 3.01. The van der Waals surface area contributed by atoms with Gasteiger partial charge in [0.2, 0.25) is 5.91 Å². The minimum Gasteiger partial charge on any atom is -0.469 e. The first kappa shape index (κ1) is 24.8. The first-order valence-corrected chi connectivity index (χ1v) is 11.7. The third-order valence-electron chi connectivity index (χ3n) is 6.17. The number of imidazole rings is 1. The van der Waals surface area contributed by atoms with Crippen LogP contribution in [0, 0.1) is 5.92 Å². The van der Waals surface area contributed by atoms with E-state index in [2.05, 4.69) is 14.9 Å². The van der Waals surface area contributed by atoms with E-state index in [4.69, 9.17) is 9.47 Å². The van der Waals surface area contributed by atoms with Crippen molar-refractivity contribution in [2.75, 3.05) is 20.2 Å². The van der Waals surface area contributed by atoms with E-state index >= 15 is 0 Å². The second-order valence-corrected chi connectivity index (χ2v) is 9.86. The Labute approximate surface area is 195 Å². The topological polar surface area (TPSA) is 103 Å². The lowest BCUT2D eigenvalue weighted by Gasteiger charge is -2.33. The van der Waals surface area contributed by atoms with Crippen LogP contribution < -0.4 is 5.32 Å². The van der Waals surface area contributed by atoms with E-state index in [-0.39, 0.29) is 36.0 Å². The molecule has 33 heavy (non-hydrogen) atoms. The smallest absolute Gasteiger partial charge is 0.410 e. The number of rotatable bonds is 5. The molecule has 1 saturated carbocycles. The summed E-state index contributed by atoms with van der Waals surface area (Å²) in [6, 6.07) is 0.341. The van der Waals surface area contributed by atoms with E-state index in [1.807, 2.05) is 27.0 Å². The van der Waals surface area contributed by atoms with Crippen molar-refractivity contribution in [3.8, 4) is 0 Å². The minimum atomic E-state index is -0.492. The monoisotopic (exact) mass is 460 g/mol. The number of hydrogen-bond donors (Lipinski definition) is 1. The van der Waals surface area contributed by atoms with Crippen LogP contribution in [0.2, 0.25) is 0 Å². The van der Waals surface area contributed by atoms with Crippen molar-refractivity contribution >= 4 is 24.0 Å². The number of aromatic nitrogens is 2. The van der Waals surface area contributed by atoms with Crippen molar-refractivity contribution in [1.82, 2.24) is 19.8 Å². The molecule has 0 atom stereocenters. The van der Waals surface area contributed by atoms with Gasteiger partial charge in [0.05, 0.1) is 25.0 Å². The van der Waals surface area contributed by atoms with Gasteiger partial charge >= 0.3 is 12.1 Å². The molecule has 1 N–H and O–H groups in total. The fourth-order valence-electron chi connectivity index (χ4n) is 4.36. The van der Waals surface area contributed by atoms with Crippen LogP contribution in [-0.4, -0.2) is 64.3 Å². The molecule has 2 amide bonds. The molecule has 9 heteroatoms. The van der Waals surface area contributed by atoms with Gasteiger partial charge in [-0.05, 0) is 65.4 Å². The number of carbonyl (C=O) groups is 3. The van der Waals surface area contributed by atoms with Crippen LogP contribution in [0.4, 0.5) is 4.79 Å². The maximum atomic E-state index is 12.3. The van der Waals surface area contributed by atoms with E-state index in [1.54, 1.807) is 17.3 Å². The number of nitrogens with one attached hydrogen (secondary N) is 1. The summed E-state index contributed by atoms with van der Waals surface area (Å²) in [5.74, 6) is -0.374. The third-order valence-corrected chi connectivity index (χ3v) is 6.17. The van der Waals surface area contributed by atoms with Crippen LogP contribution in [0.25, 0.3) is 6.08 Å². The Hall–Kier alpha value is -2.84. The highest BCUT2D eigenvalue weighted by molar-refractivity contribution is 5.91. The van der Waals surface area contributed by atoms with Crippen molar-refractivity contribution in [3.05, 3.63) is 24.3 Å².